The van der Waals surface area contributed by atoms with Crippen LogP contribution in [0.4, 0.5) is 0 Å². The van der Waals surface area contributed by atoms with Crippen molar-refractivity contribution in [1.82, 2.24) is 4.90 Å². The Balaban J connectivity index is 2.64. The molecule has 1 aliphatic rings. The van der Waals surface area contributed by atoms with Crippen LogP contribution < -0.4 is 0 Å². The molecule has 0 atom stereocenters. The number of allylic oxidation sites excluding steroid dienone is 2. The predicted octanol–water partition coefficient (Wildman–Crippen LogP) is 1.31. The Morgan fingerprint density at radius 1 is 1.50 bits per heavy atom. The van der Waals surface area contributed by atoms with Crippen LogP contribution in [0.2, 0.25) is 0 Å². The molecule has 0 saturated heterocycles. The van der Waals surface area contributed by atoms with E-state index in [9.17, 15) is 4.79 Å². The summed E-state index contributed by atoms with van der Waals surface area (Å²) in [5.74, 6) is 0.0801. The average Bonchev–Trinajstić information content (AvgIpc) is 2.32. The van der Waals surface area contributed by atoms with Crippen molar-refractivity contribution in [1.29, 1.82) is 0 Å². The van der Waals surface area contributed by atoms with E-state index in [4.69, 9.17) is 5.11 Å². The van der Waals surface area contributed by atoms with E-state index < -0.39 is 0 Å². The number of hydrogen-bond donors (Lipinski definition) is 1. The third-order valence-corrected chi connectivity index (χ3v) is 2.15. The van der Waals surface area contributed by atoms with E-state index in [0.717, 1.165) is 0 Å². The first-order chi connectivity index (χ1) is 6.55. The summed E-state index contributed by atoms with van der Waals surface area (Å²) in [5, 5.41) is 9.10. The molecular weight excluding hydrogens is 178 g/mol. The Labute approximate surface area is 84.7 Å². The highest BCUT2D eigenvalue weighted by Gasteiger charge is 2.22. The zero-order valence-corrected chi connectivity index (χ0v) is 8.73. The standard InChI is InChI=1S/C11H17NO2/c1-11(2,9-13)8-12-7-5-3-4-6-10(12)14/h3-5,7,13H,6,8-9H2,1-2H3. The topological polar surface area (TPSA) is 40.5 Å². The quantitative estimate of drug-likeness (QED) is 0.737. The molecule has 0 aromatic rings. The molecule has 0 aromatic carbocycles. The van der Waals surface area contributed by atoms with Gasteiger partial charge in [0.1, 0.15) is 0 Å². The third kappa shape index (κ3) is 3.00. The van der Waals surface area contributed by atoms with Gasteiger partial charge in [0.15, 0.2) is 0 Å². The van der Waals surface area contributed by atoms with Crippen LogP contribution in [0.1, 0.15) is 20.3 Å². The summed E-state index contributed by atoms with van der Waals surface area (Å²) in [7, 11) is 0. The summed E-state index contributed by atoms with van der Waals surface area (Å²) in [6.45, 7) is 4.51. The smallest absolute Gasteiger partial charge is 0.230 e. The monoisotopic (exact) mass is 195 g/mol. The fourth-order valence-electron chi connectivity index (χ4n) is 1.25. The lowest BCUT2D eigenvalue weighted by Gasteiger charge is -2.28. The highest BCUT2D eigenvalue weighted by Crippen LogP contribution is 2.17. The molecule has 78 valence electrons. The number of amides is 1. The van der Waals surface area contributed by atoms with Crippen molar-refractivity contribution in [3.8, 4) is 0 Å². The Bertz CT molecular complexity index is 266. The molecule has 1 rings (SSSR count). The molecule has 3 nitrogen and oxygen atoms in total. The molecule has 0 spiro atoms. The van der Waals surface area contributed by atoms with Crippen molar-refractivity contribution >= 4 is 5.91 Å². The van der Waals surface area contributed by atoms with Crippen LogP contribution in [0.3, 0.4) is 0 Å². The lowest BCUT2D eigenvalue weighted by Crippen LogP contribution is -2.36. The maximum atomic E-state index is 11.5. The highest BCUT2D eigenvalue weighted by atomic mass is 16.3. The Hall–Kier alpha value is -1.09. The summed E-state index contributed by atoms with van der Waals surface area (Å²) in [6.07, 6.45) is 7.75. The molecule has 0 aliphatic carbocycles. The first-order valence-electron chi connectivity index (χ1n) is 4.79. The van der Waals surface area contributed by atoms with Gasteiger partial charge in [-0.05, 0) is 6.08 Å². The van der Waals surface area contributed by atoms with E-state index in [2.05, 4.69) is 0 Å². The van der Waals surface area contributed by atoms with Gasteiger partial charge in [-0.15, -0.1) is 0 Å². The molecular formula is C11H17NO2. The van der Waals surface area contributed by atoms with Crippen LogP contribution in [0.5, 0.6) is 0 Å². The van der Waals surface area contributed by atoms with Gasteiger partial charge in [-0.25, -0.2) is 0 Å². The zero-order chi connectivity index (χ0) is 10.6. The van der Waals surface area contributed by atoms with Crippen molar-refractivity contribution in [2.45, 2.75) is 20.3 Å². The second kappa shape index (κ2) is 4.42. The summed E-state index contributed by atoms with van der Waals surface area (Å²) < 4.78 is 0. The number of carbonyl (C=O) groups is 1. The molecule has 0 radical (unpaired) electrons. The van der Waals surface area contributed by atoms with Crippen LogP contribution in [-0.4, -0.2) is 29.1 Å². The third-order valence-electron chi connectivity index (χ3n) is 2.15. The second-order valence-electron chi connectivity index (χ2n) is 4.32. The Kier molecular flexibility index (Phi) is 3.47. The molecule has 14 heavy (non-hydrogen) atoms. The zero-order valence-electron chi connectivity index (χ0n) is 8.73. The molecule has 3 heteroatoms. The molecule has 1 heterocycles. The van der Waals surface area contributed by atoms with Gasteiger partial charge in [0.25, 0.3) is 0 Å². The van der Waals surface area contributed by atoms with Gasteiger partial charge >= 0.3 is 0 Å². The van der Waals surface area contributed by atoms with Crippen molar-refractivity contribution < 1.29 is 9.90 Å². The largest absolute Gasteiger partial charge is 0.396 e. The van der Waals surface area contributed by atoms with E-state index in [-0.39, 0.29) is 17.9 Å². The minimum Gasteiger partial charge on any atom is -0.396 e. The lowest BCUT2D eigenvalue weighted by atomic mass is 9.94. The lowest BCUT2D eigenvalue weighted by molar-refractivity contribution is -0.129. The van der Waals surface area contributed by atoms with Gasteiger partial charge in [-0.2, -0.15) is 0 Å². The van der Waals surface area contributed by atoms with Gasteiger partial charge in [-0.1, -0.05) is 26.0 Å². The van der Waals surface area contributed by atoms with Crippen molar-refractivity contribution in [2.24, 2.45) is 5.41 Å². The number of hydrogen-bond acceptors (Lipinski definition) is 2. The van der Waals surface area contributed by atoms with Gasteiger partial charge in [0, 0.05) is 31.2 Å². The molecule has 0 bridgehead atoms. The highest BCUT2D eigenvalue weighted by molar-refractivity contribution is 5.79. The SMILES string of the molecule is CC(C)(CO)CN1C=CC=CCC1=O. The minimum absolute atomic E-state index is 0.0801. The maximum absolute atomic E-state index is 11.5. The van der Waals surface area contributed by atoms with Crippen molar-refractivity contribution in [2.75, 3.05) is 13.2 Å². The Morgan fingerprint density at radius 3 is 2.86 bits per heavy atom. The van der Waals surface area contributed by atoms with Crippen LogP contribution in [0.15, 0.2) is 24.4 Å². The molecule has 0 saturated carbocycles. The summed E-state index contributed by atoms with van der Waals surface area (Å²) in [5.41, 5.74) is -0.246. The average molecular weight is 195 g/mol. The van der Waals surface area contributed by atoms with E-state index in [1.165, 1.54) is 0 Å². The minimum atomic E-state index is -0.246. The molecule has 1 amide bonds. The number of rotatable bonds is 3. The first kappa shape index (κ1) is 11.0. The number of nitrogens with zero attached hydrogens (tertiary/aromatic N) is 1. The van der Waals surface area contributed by atoms with Gasteiger partial charge in [-0.3, -0.25) is 4.79 Å². The molecule has 0 fully saturated rings. The van der Waals surface area contributed by atoms with E-state index in [1.807, 2.05) is 32.1 Å². The molecule has 1 N–H and O–H groups in total. The van der Waals surface area contributed by atoms with Gasteiger partial charge in [0.2, 0.25) is 5.91 Å². The van der Waals surface area contributed by atoms with Crippen LogP contribution in [0, 0.1) is 5.41 Å². The Morgan fingerprint density at radius 2 is 2.21 bits per heavy atom. The van der Waals surface area contributed by atoms with Gasteiger partial charge < -0.3 is 10.0 Å². The molecule has 1 aliphatic heterocycles. The predicted molar refractivity (Wildman–Crippen MR) is 55.5 cm³/mol. The van der Waals surface area contributed by atoms with Crippen LogP contribution in [0.25, 0.3) is 0 Å². The normalized spacial score (nSPS) is 17.4. The number of aliphatic hydroxyl groups is 1. The second-order valence-corrected chi connectivity index (χ2v) is 4.32. The van der Waals surface area contributed by atoms with Crippen molar-refractivity contribution in [3.63, 3.8) is 0 Å². The molecule has 0 aromatic heterocycles. The molecule has 0 unspecified atom stereocenters. The van der Waals surface area contributed by atoms with E-state index in [1.54, 1.807) is 11.1 Å². The fourth-order valence-corrected chi connectivity index (χ4v) is 1.25. The fraction of sp³-hybridized carbons (Fsp3) is 0.545. The first-order valence-corrected chi connectivity index (χ1v) is 4.79. The van der Waals surface area contributed by atoms with Crippen LogP contribution in [-0.2, 0) is 4.79 Å². The van der Waals surface area contributed by atoms with Crippen LogP contribution >= 0.6 is 0 Å². The summed E-state index contributed by atoms with van der Waals surface area (Å²) in [6, 6.07) is 0. The van der Waals surface area contributed by atoms with Gasteiger partial charge in [0.05, 0.1) is 0 Å². The van der Waals surface area contributed by atoms with E-state index >= 15 is 0 Å². The summed E-state index contributed by atoms with van der Waals surface area (Å²) >= 11 is 0. The maximum Gasteiger partial charge on any atom is 0.230 e. The number of aliphatic hydroxyl groups excluding tert-OH is 1. The number of carbonyl (C=O) groups excluding carboxylic acids is 1. The van der Waals surface area contributed by atoms with E-state index in [0.29, 0.717) is 13.0 Å². The van der Waals surface area contributed by atoms with Crippen molar-refractivity contribution in [3.05, 3.63) is 24.4 Å². The summed E-state index contributed by atoms with van der Waals surface area (Å²) in [4.78, 5) is 13.2.